The summed E-state index contributed by atoms with van der Waals surface area (Å²) >= 11 is 0. The molecule has 1 fully saturated rings. The Morgan fingerprint density at radius 2 is 1.88 bits per heavy atom. The zero-order valence-electron chi connectivity index (χ0n) is 20.0. The van der Waals surface area contributed by atoms with Crippen molar-refractivity contribution in [3.05, 3.63) is 82.9 Å². The molecular formula is C28H35FN4O. The molecular weight excluding hydrogens is 427 g/mol. The van der Waals surface area contributed by atoms with Gasteiger partial charge in [0.15, 0.2) is 0 Å². The number of rotatable bonds is 10. The van der Waals surface area contributed by atoms with E-state index in [2.05, 4.69) is 38.7 Å². The van der Waals surface area contributed by atoms with E-state index in [9.17, 15) is 9.50 Å². The molecule has 0 amide bonds. The Bertz CT molecular complexity index is 1080. The fraction of sp³-hybridized carbons (Fsp3) is 0.464. The molecule has 2 aromatic carbocycles. The Balaban J connectivity index is 1.42. The maximum Gasteiger partial charge on any atom is 0.123 e. The van der Waals surface area contributed by atoms with E-state index in [1.165, 1.54) is 24.1 Å². The molecule has 1 aliphatic carbocycles. The molecule has 0 spiro atoms. The average molecular weight is 463 g/mol. The highest BCUT2D eigenvalue weighted by Crippen LogP contribution is 2.32. The summed E-state index contributed by atoms with van der Waals surface area (Å²) in [6.45, 7) is 7.11. The van der Waals surface area contributed by atoms with Gasteiger partial charge in [0.1, 0.15) is 5.82 Å². The first kappa shape index (κ1) is 23.2. The van der Waals surface area contributed by atoms with Crippen LogP contribution in [-0.4, -0.2) is 50.4 Å². The second-order valence-electron chi connectivity index (χ2n) is 9.91. The van der Waals surface area contributed by atoms with Crippen molar-refractivity contribution in [2.24, 2.45) is 5.92 Å². The molecule has 1 unspecified atom stereocenters. The van der Waals surface area contributed by atoms with Crippen LogP contribution >= 0.6 is 0 Å². The van der Waals surface area contributed by atoms with Gasteiger partial charge in [0, 0.05) is 51.3 Å². The van der Waals surface area contributed by atoms with E-state index in [1.54, 1.807) is 12.1 Å². The minimum absolute atomic E-state index is 0.193. The predicted octanol–water partition coefficient (Wildman–Crippen LogP) is 4.55. The molecule has 0 saturated heterocycles. The van der Waals surface area contributed by atoms with Gasteiger partial charge >= 0.3 is 0 Å². The van der Waals surface area contributed by atoms with Crippen LogP contribution < -0.4 is 0 Å². The van der Waals surface area contributed by atoms with Crippen molar-refractivity contribution in [2.75, 3.05) is 19.6 Å². The molecule has 3 aromatic rings. The maximum absolute atomic E-state index is 13.4. The lowest BCUT2D eigenvalue weighted by atomic mass is 10.0. The van der Waals surface area contributed by atoms with Crippen molar-refractivity contribution in [1.82, 2.24) is 19.6 Å². The van der Waals surface area contributed by atoms with Crippen molar-refractivity contribution in [2.45, 2.75) is 58.3 Å². The third kappa shape index (κ3) is 5.57. The number of para-hydroxylation sites is 1. The Labute approximate surface area is 201 Å². The SMILES string of the molecule is CCC(O)CN(Cc1nn(-c2ccccc2)c2c1CN(Cc1ccc(F)cc1)CC2)CC1CC1. The van der Waals surface area contributed by atoms with Gasteiger partial charge < -0.3 is 5.11 Å². The molecule has 5 nitrogen and oxygen atoms in total. The number of fused-ring (bicyclic) bond motifs is 1. The summed E-state index contributed by atoms with van der Waals surface area (Å²) < 4.78 is 15.5. The van der Waals surface area contributed by atoms with Crippen molar-refractivity contribution in [3.8, 4) is 5.69 Å². The van der Waals surface area contributed by atoms with E-state index in [0.717, 1.165) is 68.4 Å². The summed E-state index contributed by atoms with van der Waals surface area (Å²) in [5, 5.41) is 15.5. The lowest BCUT2D eigenvalue weighted by Gasteiger charge is -2.29. The van der Waals surface area contributed by atoms with Gasteiger partial charge in [-0.2, -0.15) is 5.10 Å². The van der Waals surface area contributed by atoms with Crippen molar-refractivity contribution in [1.29, 1.82) is 0 Å². The van der Waals surface area contributed by atoms with Crippen molar-refractivity contribution >= 4 is 0 Å². The molecule has 2 heterocycles. The number of aliphatic hydroxyl groups is 1. The summed E-state index contributed by atoms with van der Waals surface area (Å²) in [7, 11) is 0. The minimum Gasteiger partial charge on any atom is -0.392 e. The first-order valence-electron chi connectivity index (χ1n) is 12.6. The van der Waals surface area contributed by atoms with Crippen LogP contribution in [0, 0.1) is 11.7 Å². The summed E-state index contributed by atoms with van der Waals surface area (Å²) in [4.78, 5) is 4.84. The lowest BCUT2D eigenvalue weighted by Crippen LogP contribution is -2.35. The lowest BCUT2D eigenvalue weighted by molar-refractivity contribution is 0.101. The van der Waals surface area contributed by atoms with Crippen molar-refractivity contribution in [3.63, 3.8) is 0 Å². The third-order valence-electron chi connectivity index (χ3n) is 7.07. The largest absolute Gasteiger partial charge is 0.392 e. The first-order valence-corrected chi connectivity index (χ1v) is 12.6. The molecule has 1 aliphatic heterocycles. The van der Waals surface area contributed by atoms with Crippen LogP contribution in [0.15, 0.2) is 54.6 Å². The Kier molecular flexibility index (Phi) is 7.09. The maximum atomic E-state index is 13.4. The van der Waals surface area contributed by atoms with E-state index in [0.29, 0.717) is 6.54 Å². The summed E-state index contributed by atoms with van der Waals surface area (Å²) in [5.41, 5.74) is 5.94. The zero-order chi connectivity index (χ0) is 23.5. The molecule has 1 atom stereocenters. The number of nitrogens with zero attached hydrogens (tertiary/aromatic N) is 4. The Morgan fingerprint density at radius 1 is 1.12 bits per heavy atom. The van der Waals surface area contributed by atoms with Gasteiger partial charge in [-0.25, -0.2) is 9.07 Å². The highest BCUT2D eigenvalue weighted by molar-refractivity contribution is 5.39. The predicted molar refractivity (Wildman–Crippen MR) is 132 cm³/mol. The number of aromatic nitrogens is 2. The molecule has 6 heteroatoms. The highest BCUT2D eigenvalue weighted by atomic mass is 19.1. The van der Waals surface area contributed by atoms with Crippen LogP contribution in [0.5, 0.6) is 0 Å². The van der Waals surface area contributed by atoms with Gasteiger partial charge in [-0.05, 0) is 55.0 Å². The molecule has 5 rings (SSSR count). The molecule has 34 heavy (non-hydrogen) atoms. The normalized spacial score (nSPS) is 17.2. The monoisotopic (exact) mass is 462 g/mol. The fourth-order valence-electron chi connectivity index (χ4n) is 4.94. The number of halogens is 1. The minimum atomic E-state index is -0.305. The number of aliphatic hydroxyl groups excluding tert-OH is 1. The van der Waals surface area contributed by atoms with Gasteiger partial charge in [-0.3, -0.25) is 9.80 Å². The number of hydrogen-bond acceptors (Lipinski definition) is 4. The van der Waals surface area contributed by atoms with Crippen LogP contribution in [0.2, 0.25) is 0 Å². The van der Waals surface area contributed by atoms with Crippen LogP contribution in [0.25, 0.3) is 5.69 Å². The van der Waals surface area contributed by atoms with Crippen LogP contribution in [0.4, 0.5) is 4.39 Å². The average Bonchev–Trinajstić information content (AvgIpc) is 3.61. The van der Waals surface area contributed by atoms with Crippen LogP contribution in [0.3, 0.4) is 0 Å². The van der Waals surface area contributed by atoms with Gasteiger partial charge in [-0.15, -0.1) is 0 Å². The van der Waals surface area contributed by atoms with Gasteiger partial charge in [0.05, 0.1) is 23.2 Å². The topological polar surface area (TPSA) is 44.5 Å². The van der Waals surface area contributed by atoms with E-state index in [1.807, 2.05) is 25.1 Å². The smallest absolute Gasteiger partial charge is 0.123 e. The van der Waals surface area contributed by atoms with Crippen LogP contribution in [-0.2, 0) is 26.1 Å². The zero-order valence-corrected chi connectivity index (χ0v) is 20.0. The van der Waals surface area contributed by atoms with Gasteiger partial charge in [0.2, 0.25) is 0 Å². The number of hydrogen-bond donors (Lipinski definition) is 1. The molecule has 0 bridgehead atoms. The highest BCUT2D eigenvalue weighted by Gasteiger charge is 2.29. The second kappa shape index (κ2) is 10.4. The first-order chi connectivity index (χ1) is 16.6. The van der Waals surface area contributed by atoms with E-state index < -0.39 is 0 Å². The van der Waals surface area contributed by atoms with Crippen LogP contribution in [0.1, 0.15) is 48.7 Å². The van der Waals surface area contributed by atoms with E-state index >= 15 is 0 Å². The molecule has 1 saturated carbocycles. The Morgan fingerprint density at radius 3 is 2.59 bits per heavy atom. The Hall–Kier alpha value is -2.54. The van der Waals surface area contributed by atoms with E-state index in [4.69, 9.17) is 5.10 Å². The standard InChI is InChI=1S/C28H35FN4O/c1-2-25(34)18-32(17-21-8-9-21)20-27-26-19-31(16-22-10-12-23(29)13-11-22)15-14-28(26)33(30-27)24-6-4-3-5-7-24/h3-7,10-13,21,25,34H,2,8-9,14-20H2,1H3. The van der Waals surface area contributed by atoms with Gasteiger partial charge in [0.25, 0.3) is 0 Å². The van der Waals surface area contributed by atoms with Gasteiger partial charge in [-0.1, -0.05) is 37.3 Å². The second-order valence-corrected chi connectivity index (χ2v) is 9.91. The summed E-state index contributed by atoms with van der Waals surface area (Å²) in [5.74, 6) is 0.562. The molecule has 1 aromatic heterocycles. The summed E-state index contributed by atoms with van der Waals surface area (Å²) in [6.07, 6.45) is 3.98. The van der Waals surface area contributed by atoms with Crippen molar-refractivity contribution < 1.29 is 9.50 Å². The fourth-order valence-corrected chi connectivity index (χ4v) is 4.94. The third-order valence-corrected chi connectivity index (χ3v) is 7.07. The quantitative estimate of drug-likeness (QED) is 0.480. The van der Waals surface area contributed by atoms with E-state index in [-0.39, 0.29) is 11.9 Å². The molecule has 0 radical (unpaired) electrons. The molecule has 2 aliphatic rings. The molecule has 1 N–H and O–H groups in total. The molecule has 180 valence electrons. The summed E-state index contributed by atoms with van der Waals surface area (Å²) in [6, 6.07) is 17.2. The number of benzene rings is 2.